The number of rotatable bonds is 4. The summed E-state index contributed by atoms with van der Waals surface area (Å²) >= 11 is 1.54. The monoisotopic (exact) mass is 269 g/mol. The van der Waals surface area contributed by atoms with Crippen LogP contribution >= 0.6 is 11.3 Å². The van der Waals surface area contributed by atoms with E-state index in [0.717, 1.165) is 12.0 Å². The van der Waals surface area contributed by atoms with Crippen molar-refractivity contribution in [1.29, 1.82) is 0 Å². The van der Waals surface area contributed by atoms with Crippen molar-refractivity contribution in [2.75, 3.05) is 19.8 Å². The summed E-state index contributed by atoms with van der Waals surface area (Å²) in [6.45, 7) is 3.60. The Morgan fingerprint density at radius 1 is 1.72 bits per heavy atom. The van der Waals surface area contributed by atoms with E-state index in [1.54, 1.807) is 11.3 Å². The van der Waals surface area contributed by atoms with Crippen LogP contribution in [0.15, 0.2) is 16.8 Å². The molecular weight excluding hydrogens is 250 g/mol. The lowest BCUT2D eigenvalue weighted by atomic mass is 9.89. The van der Waals surface area contributed by atoms with Gasteiger partial charge in [0.1, 0.15) is 0 Å². The van der Waals surface area contributed by atoms with Crippen LogP contribution in [-0.2, 0) is 9.53 Å². The Balaban J connectivity index is 1.80. The molecule has 0 saturated carbocycles. The minimum Gasteiger partial charge on any atom is -0.387 e. The second-order valence-electron chi connectivity index (χ2n) is 4.76. The van der Waals surface area contributed by atoms with Gasteiger partial charge in [-0.25, -0.2) is 0 Å². The first kappa shape index (κ1) is 13.5. The van der Waals surface area contributed by atoms with Crippen molar-refractivity contribution < 1.29 is 14.6 Å². The summed E-state index contributed by atoms with van der Waals surface area (Å²) in [6.07, 6.45) is 0.150. The van der Waals surface area contributed by atoms with Crippen molar-refractivity contribution in [3.63, 3.8) is 0 Å². The summed E-state index contributed by atoms with van der Waals surface area (Å²) < 4.78 is 5.32. The van der Waals surface area contributed by atoms with Crippen LogP contribution in [-0.4, -0.2) is 30.8 Å². The van der Waals surface area contributed by atoms with E-state index in [1.165, 1.54) is 0 Å². The number of aliphatic hydroxyl groups is 1. The first-order valence-electron chi connectivity index (χ1n) is 6.24. The molecule has 1 aliphatic heterocycles. The largest absolute Gasteiger partial charge is 0.387 e. The zero-order valence-electron chi connectivity index (χ0n) is 10.5. The molecule has 5 heteroatoms. The Morgan fingerprint density at radius 3 is 3.22 bits per heavy atom. The van der Waals surface area contributed by atoms with Gasteiger partial charge < -0.3 is 15.2 Å². The van der Waals surface area contributed by atoms with Crippen LogP contribution in [0.4, 0.5) is 0 Å². The van der Waals surface area contributed by atoms with Gasteiger partial charge in [0.25, 0.3) is 0 Å². The van der Waals surface area contributed by atoms with Gasteiger partial charge in [-0.1, -0.05) is 6.92 Å². The molecule has 0 bridgehead atoms. The highest BCUT2D eigenvalue weighted by Gasteiger charge is 2.28. The van der Waals surface area contributed by atoms with E-state index in [0.29, 0.717) is 13.2 Å². The molecule has 1 aromatic heterocycles. The van der Waals surface area contributed by atoms with Gasteiger partial charge in [-0.2, -0.15) is 11.3 Å². The van der Waals surface area contributed by atoms with E-state index in [4.69, 9.17) is 4.74 Å². The minimum atomic E-state index is -0.615. The van der Waals surface area contributed by atoms with Crippen LogP contribution in [0.3, 0.4) is 0 Å². The van der Waals surface area contributed by atoms with Crippen LogP contribution in [0.5, 0.6) is 0 Å². The fourth-order valence-corrected chi connectivity index (χ4v) is 2.89. The SMILES string of the molecule is CC1COCCC1C(=O)NCC(O)c1ccsc1. The Bertz CT molecular complexity index is 380. The van der Waals surface area contributed by atoms with Crippen LogP contribution in [0.25, 0.3) is 0 Å². The van der Waals surface area contributed by atoms with Crippen molar-refractivity contribution in [2.45, 2.75) is 19.4 Å². The van der Waals surface area contributed by atoms with Gasteiger partial charge in [-0.15, -0.1) is 0 Å². The summed E-state index contributed by atoms with van der Waals surface area (Å²) in [7, 11) is 0. The fraction of sp³-hybridized carbons (Fsp3) is 0.615. The normalized spacial score (nSPS) is 25.7. The molecule has 4 nitrogen and oxygen atoms in total. The molecule has 0 aliphatic carbocycles. The zero-order chi connectivity index (χ0) is 13.0. The number of nitrogens with one attached hydrogen (secondary N) is 1. The Kier molecular flexibility index (Phi) is 4.74. The second kappa shape index (κ2) is 6.31. The highest BCUT2D eigenvalue weighted by Crippen LogP contribution is 2.22. The molecule has 2 rings (SSSR count). The zero-order valence-corrected chi connectivity index (χ0v) is 11.3. The van der Waals surface area contributed by atoms with Gasteiger partial charge >= 0.3 is 0 Å². The minimum absolute atomic E-state index is 0.00780. The Hall–Kier alpha value is -0.910. The molecule has 2 N–H and O–H groups in total. The van der Waals surface area contributed by atoms with Gasteiger partial charge in [-0.3, -0.25) is 4.79 Å². The smallest absolute Gasteiger partial charge is 0.223 e. The lowest BCUT2D eigenvalue weighted by molar-refractivity contribution is -0.131. The maximum atomic E-state index is 12.0. The first-order chi connectivity index (χ1) is 8.68. The molecule has 18 heavy (non-hydrogen) atoms. The van der Waals surface area contributed by atoms with Crippen LogP contribution in [0.1, 0.15) is 25.0 Å². The first-order valence-corrected chi connectivity index (χ1v) is 7.18. The number of carbonyl (C=O) groups is 1. The summed E-state index contributed by atoms with van der Waals surface area (Å²) in [5.41, 5.74) is 0.861. The van der Waals surface area contributed by atoms with E-state index >= 15 is 0 Å². The number of ether oxygens (including phenoxy) is 1. The molecule has 1 amide bonds. The standard InChI is InChI=1S/C13H19NO3S/c1-9-7-17-4-2-11(9)13(16)14-6-12(15)10-3-5-18-8-10/h3,5,8-9,11-12,15H,2,4,6-7H2,1H3,(H,14,16). The van der Waals surface area contributed by atoms with Crippen LogP contribution < -0.4 is 5.32 Å². The van der Waals surface area contributed by atoms with Gasteiger partial charge in [-0.05, 0) is 34.7 Å². The van der Waals surface area contributed by atoms with E-state index < -0.39 is 6.10 Å². The summed E-state index contributed by atoms with van der Waals surface area (Å²) in [4.78, 5) is 12.0. The predicted molar refractivity (Wildman–Crippen MR) is 70.4 cm³/mol. The molecule has 3 atom stereocenters. The summed E-state index contributed by atoms with van der Waals surface area (Å²) in [5, 5.41) is 16.5. The molecule has 0 radical (unpaired) electrons. The molecule has 100 valence electrons. The third-order valence-electron chi connectivity index (χ3n) is 3.38. The summed E-state index contributed by atoms with van der Waals surface area (Å²) in [6, 6.07) is 1.87. The average Bonchev–Trinajstić information content (AvgIpc) is 2.90. The topological polar surface area (TPSA) is 58.6 Å². The number of thiophene rings is 1. The van der Waals surface area contributed by atoms with Crippen LogP contribution in [0, 0.1) is 11.8 Å². The van der Waals surface area contributed by atoms with E-state index in [2.05, 4.69) is 5.32 Å². The number of hydrogen-bond acceptors (Lipinski definition) is 4. The molecule has 1 aliphatic rings. The van der Waals surface area contributed by atoms with Crippen molar-refractivity contribution >= 4 is 17.2 Å². The highest BCUT2D eigenvalue weighted by atomic mass is 32.1. The molecule has 3 unspecified atom stereocenters. The maximum absolute atomic E-state index is 12.0. The average molecular weight is 269 g/mol. The highest BCUT2D eigenvalue weighted by molar-refractivity contribution is 7.07. The molecular formula is C13H19NO3S. The Morgan fingerprint density at radius 2 is 2.56 bits per heavy atom. The molecule has 2 heterocycles. The van der Waals surface area contributed by atoms with Gasteiger partial charge in [0, 0.05) is 25.7 Å². The van der Waals surface area contributed by atoms with E-state index in [9.17, 15) is 9.90 Å². The maximum Gasteiger partial charge on any atom is 0.223 e. The lowest BCUT2D eigenvalue weighted by Gasteiger charge is -2.28. The number of aliphatic hydroxyl groups excluding tert-OH is 1. The molecule has 1 saturated heterocycles. The predicted octanol–water partition coefficient (Wildman–Crippen LogP) is 1.57. The van der Waals surface area contributed by atoms with E-state index in [1.807, 2.05) is 23.8 Å². The lowest BCUT2D eigenvalue weighted by Crippen LogP contribution is -2.40. The second-order valence-corrected chi connectivity index (χ2v) is 5.55. The third kappa shape index (κ3) is 3.31. The number of amides is 1. The van der Waals surface area contributed by atoms with Gasteiger partial charge in [0.15, 0.2) is 0 Å². The number of hydrogen-bond donors (Lipinski definition) is 2. The van der Waals surface area contributed by atoms with Crippen molar-refractivity contribution in [2.24, 2.45) is 11.8 Å². The van der Waals surface area contributed by atoms with Gasteiger partial charge in [0.2, 0.25) is 5.91 Å². The van der Waals surface area contributed by atoms with Crippen molar-refractivity contribution in [1.82, 2.24) is 5.32 Å². The summed E-state index contributed by atoms with van der Waals surface area (Å²) in [5.74, 6) is 0.283. The molecule has 0 aromatic carbocycles. The number of carbonyl (C=O) groups excluding carboxylic acids is 1. The molecule has 1 aromatic rings. The van der Waals surface area contributed by atoms with Crippen molar-refractivity contribution in [3.8, 4) is 0 Å². The van der Waals surface area contributed by atoms with Crippen molar-refractivity contribution in [3.05, 3.63) is 22.4 Å². The third-order valence-corrected chi connectivity index (χ3v) is 4.08. The van der Waals surface area contributed by atoms with Crippen LogP contribution in [0.2, 0.25) is 0 Å². The quantitative estimate of drug-likeness (QED) is 0.872. The van der Waals surface area contributed by atoms with E-state index in [-0.39, 0.29) is 24.3 Å². The molecule has 0 spiro atoms. The fourth-order valence-electron chi connectivity index (χ4n) is 2.18. The molecule has 1 fully saturated rings. The Labute approximate surface area is 111 Å². The van der Waals surface area contributed by atoms with Gasteiger partial charge in [0.05, 0.1) is 6.10 Å².